The molecule has 0 amide bonds. The number of thiazole rings is 1. The molecule has 1 aromatic rings. The maximum atomic E-state index is 12.6. The number of nitrogens with zero attached hydrogens (tertiary/aromatic N) is 5. The van der Waals surface area contributed by atoms with Gasteiger partial charge in [-0.15, -0.1) is 11.3 Å². The van der Waals surface area contributed by atoms with Crippen LogP contribution in [0, 0.1) is 5.41 Å². The van der Waals surface area contributed by atoms with E-state index in [9.17, 15) is 4.79 Å². The number of aliphatic imine (C=N–C) groups is 1. The Kier molecular flexibility index (Phi) is 7.35. The second kappa shape index (κ2) is 10.1. The normalized spacial score (nSPS) is 22.1. The molecule has 8 nitrogen and oxygen atoms in total. The predicted molar refractivity (Wildman–Crippen MR) is 135 cm³/mol. The summed E-state index contributed by atoms with van der Waals surface area (Å²) in [5.41, 5.74) is 1.70. The monoisotopic (exact) mass is 490 g/mol. The van der Waals surface area contributed by atoms with Crippen LogP contribution in [0.2, 0.25) is 0 Å². The molecule has 3 aliphatic rings. The molecule has 0 spiro atoms. The summed E-state index contributed by atoms with van der Waals surface area (Å²) in [6, 6.07) is 0.407. The molecule has 4 rings (SSSR count). The van der Waals surface area contributed by atoms with E-state index in [1.807, 2.05) is 12.3 Å². The third-order valence-electron chi connectivity index (χ3n) is 6.05. The van der Waals surface area contributed by atoms with Gasteiger partial charge in [0.1, 0.15) is 0 Å². The standard InChI is InChI=1S/C23H34N6O2S2/c1-5-31-21(30)17-12-25-19(20-24-7-11-33-20)26-18(17)14-27-9-10-29-16(13-27)6-8-28(22(29)32)15-23(2,3)4/h7,11,16H,5-6,8-10,12-15H2,1-4H3,(H,25,26). The van der Waals surface area contributed by atoms with E-state index in [0.29, 0.717) is 31.3 Å². The molecular formula is C23H34N6O2S2. The maximum absolute atomic E-state index is 12.6. The fourth-order valence-corrected chi connectivity index (χ4v) is 5.60. The van der Waals surface area contributed by atoms with E-state index >= 15 is 0 Å². The summed E-state index contributed by atoms with van der Waals surface area (Å²) in [7, 11) is 0. The van der Waals surface area contributed by atoms with Crippen LogP contribution in [0.25, 0.3) is 0 Å². The van der Waals surface area contributed by atoms with Crippen LogP contribution in [0.15, 0.2) is 27.8 Å². The van der Waals surface area contributed by atoms with Crippen molar-refractivity contribution in [3.05, 3.63) is 27.9 Å². The predicted octanol–water partition coefficient (Wildman–Crippen LogP) is 2.33. The summed E-state index contributed by atoms with van der Waals surface area (Å²) < 4.78 is 5.31. The smallest absolute Gasteiger partial charge is 0.337 e. The van der Waals surface area contributed by atoms with Gasteiger partial charge in [-0.2, -0.15) is 0 Å². The highest BCUT2D eigenvalue weighted by Crippen LogP contribution is 2.25. The van der Waals surface area contributed by atoms with Gasteiger partial charge >= 0.3 is 5.97 Å². The lowest BCUT2D eigenvalue weighted by Gasteiger charge is -2.50. The van der Waals surface area contributed by atoms with Gasteiger partial charge < -0.3 is 19.9 Å². The zero-order valence-electron chi connectivity index (χ0n) is 20.0. The lowest BCUT2D eigenvalue weighted by molar-refractivity contribution is -0.138. The van der Waals surface area contributed by atoms with Crippen molar-refractivity contribution in [2.75, 3.05) is 52.4 Å². The number of carbonyl (C=O) groups is 1. The Hall–Kier alpha value is -2.04. The molecule has 1 unspecified atom stereocenters. The number of aromatic nitrogens is 1. The number of esters is 1. The Labute approximate surface area is 205 Å². The number of hydrogen-bond donors (Lipinski definition) is 1. The Morgan fingerprint density at radius 2 is 2.15 bits per heavy atom. The van der Waals surface area contributed by atoms with Gasteiger partial charge in [0.15, 0.2) is 16.0 Å². The molecule has 1 N–H and O–H groups in total. The minimum atomic E-state index is -0.294. The molecule has 2 fully saturated rings. The summed E-state index contributed by atoms with van der Waals surface area (Å²) in [6.07, 6.45) is 2.86. The van der Waals surface area contributed by atoms with Crippen LogP contribution in [0.4, 0.5) is 0 Å². The summed E-state index contributed by atoms with van der Waals surface area (Å²) in [6.45, 7) is 14.6. The Balaban J connectivity index is 1.44. The Morgan fingerprint density at radius 1 is 1.33 bits per heavy atom. The van der Waals surface area contributed by atoms with Crippen LogP contribution < -0.4 is 5.32 Å². The molecule has 0 bridgehead atoms. The highest BCUT2D eigenvalue weighted by molar-refractivity contribution is 7.80. The van der Waals surface area contributed by atoms with Crippen LogP contribution in [0.5, 0.6) is 0 Å². The quantitative estimate of drug-likeness (QED) is 0.481. The molecule has 0 aliphatic carbocycles. The van der Waals surface area contributed by atoms with Crippen molar-refractivity contribution < 1.29 is 9.53 Å². The van der Waals surface area contributed by atoms with Gasteiger partial charge in [0.25, 0.3) is 0 Å². The molecule has 1 atom stereocenters. The minimum absolute atomic E-state index is 0.220. The highest BCUT2D eigenvalue weighted by atomic mass is 32.1. The van der Waals surface area contributed by atoms with Crippen molar-refractivity contribution in [3.63, 3.8) is 0 Å². The molecule has 180 valence electrons. The van der Waals surface area contributed by atoms with Gasteiger partial charge in [0.05, 0.1) is 18.7 Å². The molecule has 0 saturated carbocycles. The zero-order valence-corrected chi connectivity index (χ0v) is 21.6. The molecule has 1 aromatic heterocycles. The van der Waals surface area contributed by atoms with Crippen molar-refractivity contribution in [1.82, 2.24) is 25.0 Å². The van der Waals surface area contributed by atoms with Crippen molar-refractivity contribution in [1.29, 1.82) is 0 Å². The van der Waals surface area contributed by atoms with Crippen LogP contribution in [0.1, 0.15) is 39.1 Å². The van der Waals surface area contributed by atoms with Crippen molar-refractivity contribution >= 4 is 40.5 Å². The molecule has 0 aromatic carbocycles. The van der Waals surface area contributed by atoms with Gasteiger partial charge in [-0.25, -0.2) is 9.78 Å². The van der Waals surface area contributed by atoms with Crippen LogP contribution in [-0.2, 0) is 9.53 Å². The number of thiocarbonyl (C=S) groups is 1. The van der Waals surface area contributed by atoms with Crippen LogP contribution in [-0.4, -0.2) is 95.1 Å². The number of carbonyl (C=O) groups excluding carboxylic acids is 1. The molecule has 33 heavy (non-hydrogen) atoms. The first-order valence-corrected chi connectivity index (χ1v) is 12.9. The van der Waals surface area contributed by atoms with E-state index in [-0.39, 0.29) is 11.4 Å². The molecule has 4 heterocycles. The fourth-order valence-electron chi connectivity index (χ4n) is 4.60. The fraction of sp³-hybridized carbons (Fsp3) is 0.652. The average molecular weight is 491 g/mol. The number of piperazine rings is 1. The van der Waals surface area contributed by atoms with Crippen molar-refractivity contribution in [3.8, 4) is 0 Å². The van der Waals surface area contributed by atoms with E-state index in [1.165, 1.54) is 11.3 Å². The lowest BCUT2D eigenvalue weighted by atomic mass is 9.95. The van der Waals surface area contributed by atoms with Crippen molar-refractivity contribution in [2.24, 2.45) is 10.4 Å². The first kappa shape index (κ1) is 24.1. The second-order valence-electron chi connectivity index (χ2n) is 9.94. The minimum Gasteiger partial charge on any atom is -0.463 e. The number of amidine groups is 1. The highest BCUT2D eigenvalue weighted by Gasteiger charge is 2.36. The van der Waals surface area contributed by atoms with E-state index in [4.69, 9.17) is 17.0 Å². The lowest BCUT2D eigenvalue weighted by Crippen LogP contribution is -2.63. The van der Waals surface area contributed by atoms with Gasteiger partial charge in [-0.1, -0.05) is 20.8 Å². The topological polar surface area (TPSA) is 73.3 Å². The first-order valence-electron chi connectivity index (χ1n) is 11.6. The van der Waals surface area contributed by atoms with Gasteiger partial charge in [0.2, 0.25) is 0 Å². The van der Waals surface area contributed by atoms with Gasteiger partial charge in [-0.05, 0) is 31.0 Å². The van der Waals surface area contributed by atoms with Crippen molar-refractivity contribution in [2.45, 2.75) is 40.2 Å². The Morgan fingerprint density at radius 3 is 2.85 bits per heavy atom. The largest absolute Gasteiger partial charge is 0.463 e. The molecular weight excluding hydrogens is 456 g/mol. The zero-order chi connectivity index (χ0) is 23.6. The number of rotatable bonds is 6. The number of hydrogen-bond acceptors (Lipinski definition) is 8. The summed E-state index contributed by atoms with van der Waals surface area (Å²) in [5.74, 6) is 0.431. The summed E-state index contributed by atoms with van der Waals surface area (Å²) >= 11 is 7.40. The van der Waals surface area contributed by atoms with E-state index in [2.05, 4.69) is 50.8 Å². The van der Waals surface area contributed by atoms with Gasteiger partial charge in [0, 0.05) is 62.6 Å². The van der Waals surface area contributed by atoms with Gasteiger partial charge in [-0.3, -0.25) is 9.89 Å². The second-order valence-corrected chi connectivity index (χ2v) is 11.2. The van der Waals surface area contributed by atoms with E-state index in [1.54, 1.807) is 6.20 Å². The molecule has 0 radical (unpaired) electrons. The molecule has 3 aliphatic heterocycles. The van der Waals surface area contributed by atoms with E-state index in [0.717, 1.165) is 60.8 Å². The number of ether oxygens (including phenoxy) is 1. The Bertz CT molecular complexity index is 937. The summed E-state index contributed by atoms with van der Waals surface area (Å²) in [4.78, 5) is 28.7. The third-order valence-corrected chi connectivity index (χ3v) is 7.32. The number of nitrogens with one attached hydrogen (secondary N) is 1. The number of fused-ring (bicyclic) bond motifs is 1. The first-order chi connectivity index (χ1) is 15.7. The van der Waals surface area contributed by atoms with E-state index < -0.39 is 0 Å². The average Bonchev–Trinajstić information content (AvgIpc) is 3.30. The van der Waals surface area contributed by atoms with Crippen LogP contribution >= 0.6 is 23.6 Å². The third kappa shape index (κ3) is 5.73. The maximum Gasteiger partial charge on any atom is 0.337 e. The molecule has 10 heteroatoms. The van der Waals surface area contributed by atoms with Crippen LogP contribution in [0.3, 0.4) is 0 Å². The molecule has 2 saturated heterocycles. The summed E-state index contributed by atoms with van der Waals surface area (Å²) in [5, 5.41) is 7.14. The SMILES string of the molecule is CCOC(=O)C1=C(CN2CCN3C(=S)N(CC(C)(C)C)CCC3C2)NC(c2nccs2)=NC1.